The van der Waals surface area contributed by atoms with Gasteiger partial charge in [-0.15, -0.1) is 0 Å². The molecule has 0 radical (unpaired) electrons. The molecule has 0 aromatic heterocycles. The highest BCUT2D eigenvalue weighted by Gasteiger charge is 2.53. The van der Waals surface area contributed by atoms with Crippen LogP contribution in [-0.4, -0.2) is 30.9 Å². The van der Waals surface area contributed by atoms with E-state index >= 15 is 0 Å². The Morgan fingerprint density at radius 1 is 1.00 bits per heavy atom. The standard InChI is InChI=1S/C18H13F5N2O5S/c19-13-4-2-10(31(29,30)25-17(5-6-17)16(27)28)8-11(13)15(26)24-9-1-3-12(14(20)7-9)18(21,22)23/h1-4,7-8,25H,5-6H2,(H,24,26)(H,27,28). The number of anilines is 1. The summed E-state index contributed by atoms with van der Waals surface area (Å²) in [6.45, 7) is 0. The molecule has 2 aromatic rings. The summed E-state index contributed by atoms with van der Waals surface area (Å²) in [5, 5.41) is 11.1. The predicted molar refractivity (Wildman–Crippen MR) is 95.7 cm³/mol. The molecular formula is C18H13F5N2O5S. The van der Waals surface area contributed by atoms with Crippen molar-refractivity contribution < 1.29 is 45.1 Å². The van der Waals surface area contributed by atoms with Gasteiger partial charge >= 0.3 is 12.1 Å². The topological polar surface area (TPSA) is 113 Å². The number of hydrogen-bond acceptors (Lipinski definition) is 4. The molecule has 1 amide bonds. The molecule has 0 atom stereocenters. The zero-order chi connectivity index (χ0) is 23.2. The molecule has 1 saturated carbocycles. The molecule has 1 aliphatic rings. The van der Waals surface area contributed by atoms with Gasteiger partial charge in [0.25, 0.3) is 5.91 Å². The van der Waals surface area contributed by atoms with E-state index in [1.165, 1.54) is 0 Å². The maximum absolute atomic E-state index is 14.1. The molecule has 0 spiro atoms. The summed E-state index contributed by atoms with van der Waals surface area (Å²) in [6.07, 6.45) is -4.85. The van der Waals surface area contributed by atoms with Crippen molar-refractivity contribution in [1.82, 2.24) is 4.72 Å². The van der Waals surface area contributed by atoms with E-state index in [0.717, 1.165) is 12.1 Å². The Labute approximate surface area is 171 Å². The smallest absolute Gasteiger partial charge is 0.419 e. The summed E-state index contributed by atoms with van der Waals surface area (Å²) >= 11 is 0. The average Bonchev–Trinajstić information content (AvgIpc) is 3.41. The van der Waals surface area contributed by atoms with E-state index in [1.807, 2.05) is 10.0 Å². The Bertz CT molecular complexity index is 1180. The molecule has 1 fully saturated rings. The third kappa shape index (κ3) is 4.66. The second-order valence-electron chi connectivity index (χ2n) is 6.78. The molecule has 166 valence electrons. The van der Waals surface area contributed by atoms with Crippen molar-refractivity contribution in [3.63, 3.8) is 0 Å². The van der Waals surface area contributed by atoms with Crippen LogP contribution in [0.3, 0.4) is 0 Å². The van der Waals surface area contributed by atoms with Gasteiger partial charge in [0.2, 0.25) is 10.0 Å². The highest BCUT2D eigenvalue weighted by atomic mass is 32.2. The first kappa shape index (κ1) is 22.6. The van der Waals surface area contributed by atoms with Crippen LogP contribution in [0.1, 0.15) is 28.8 Å². The number of carboxylic acid groups (broad SMARTS) is 1. The van der Waals surface area contributed by atoms with Crippen LogP contribution in [0.15, 0.2) is 41.3 Å². The van der Waals surface area contributed by atoms with E-state index < -0.39 is 67.0 Å². The molecule has 31 heavy (non-hydrogen) atoms. The average molecular weight is 464 g/mol. The Kier molecular flexibility index (Phi) is 5.52. The Morgan fingerprint density at radius 3 is 2.16 bits per heavy atom. The minimum atomic E-state index is -4.96. The van der Waals surface area contributed by atoms with E-state index in [-0.39, 0.29) is 12.8 Å². The Balaban J connectivity index is 1.86. The van der Waals surface area contributed by atoms with Crippen LogP contribution in [0.25, 0.3) is 0 Å². The number of carbonyl (C=O) groups excluding carboxylic acids is 1. The minimum Gasteiger partial charge on any atom is -0.480 e. The van der Waals surface area contributed by atoms with Gasteiger partial charge in [0.15, 0.2) is 0 Å². The summed E-state index contributed by atoms with van der Waals surface area (Å²) in [5.41, 5.74) is -4.47. The van der Waals surface area contributed by atoms with Crippen molar-refractivity contribution in [2.75, 3.05) is 5.32 Å². The predicted octanol–water partition coefficient (Wildman–Crippen LogP) is 3.13. The lowest BCUT2D eigenvalue weighted by Gasteiger charge is -2.14. The van der Waals surface area contributed by atoms with Crippen molar-refractivity contribution in [3.05, 3.63) is 59.2 Å². The molecule has 3 rings (SSSR count). The van der Waals surface area contributed by atoms with Crippen LogP contribution >= 0.6 is 0 Å². The molecule has 0 bridgehead atoms. The van der Waals surface area contributed by atoms with Crippen LogP contribution in [0.4, 0.5) is 27.6 Å². The number of halogens is 5. The minimum absolute atomic E-state index is 0.0512. The highest BCUT2D eigenvalue weighted by Crippen LogP contribution is 2.37. The molecule has 3 N–H and O–H groups in total. The molecule has 1 aliphatic carbocycles. The summed E-state index contributed by atoms with van der Waals surface area (Å²) in [7, 11) is -4.44. The molecule has 13 heteroatoms. The van der Waals surface area contributed by atoms with Gasteiger partial charge in [0, 0.05) is 5.69 Å². The maximum atomic E-state index is 14.1. The normalized spacial score (nSPS) is 15.4. The largest absolute Gasteiger partial charge is 0.480 e. The molecular weight excluding hydrogens is 451 g/mol. The second-order valence-corrected chi connectivity index (χ2v) is 8.46. The lowest BCUT2D eigenvalue weighted by atomic mass is 10.1. The highest BCUT2D eigenvalue weighted by molar-refractivity contribution is 7.89. The van der Waals surface area contributed by atoms with Gasteiger partial charge in [0.05, 0.1) is 16.0 Å². The number of carbonyl (C=O) groups is 2. The number of carboxylic acids is 1. The summed E-state index contributed by atoms with van der Waals surface area (Å²) < 4.78 is 92.4. The van der Waals surface area contributed by atoms with Gasteiger partial charge in [-0.3, -0.25) is 9.59 Å². The second kappa shape index (κ2) is 7.57. The Morgan fingerprint density at radius 2 is 1.65 bits per heavy atom. The zero-order valence-electron chi connectivity index (χ0n) is 15.3. The van der Waals surface area contributed by atoms with E-state index in [0.29, 0.717) is 24.3 Å². The first-order valence-electron chi connectivity index (χ1n) is 8.50. The number of sulfonamides is 1. The first-order valence-corrected chi connectivity index (χ1v) is 9.98. The third-order valence-corrected chi connectivity index (χ3v) is 6.05. The van der Waals surface area contributed by atoms with Crippen LogP contribution in [0, 0.1) is 11.6 Å². The van der Waals surface area contributed by atoms with Crippen molar-refractivity contribution in [2.24, 2.45) is 0 Å². The van der Waals surface area contributed by atoms with Gasteiger partial charge in [-0.05, 0) is 49.2 Å². The quantitative estimate of drug-likeness (QED) is 0.569. The summed E-state index contributed by atoms with van der Waals surface area (Å²) in [5.74, 6) is -5.48. The number of rotatable bonds is 6. The Hall–Kier alpha value is -3.06. The number of hydrogen-bond donors (Lipinski definition) is 3. The van der Waals surface area contributed by atoms with Crippen LogP contribution in [0.2, 0.25) is 0 Å². The van der Waals surface area contributed by atoms with Gasteiger partial charge in [0.1, 0.15) is 17.2 Å². The fourth-order valence-electron chi connectivity index (χ4n) is 2.67. The lowest BCUT2D eigenvalue weighted by Crippen LogP contribution is -2.43. The first-order chi connectivity index (χ1) is 14.2. The number of amides is 1. The van der Waals surface area contributed by atoms with Crippen LogP contribution in [0.5, 0.6) is 0 Å². The lowest BCUT2D eigenvalue weighted by molar-refractivity contribution is -0.140. The number of alkyl halides is 3. The number of benzene rings is 2. The van der Waals surface area contributed by atoms with Gasteiger partial charge in [-0.25, -0.2) is 17.2 Å². The molecule has 0 heterocycles. The molecule has 0 aliphatic heterocycles. The monoisotopic (exact) mass is 464 g/mol. The van der Waals surface area contributed by atoms with Gasteiger partial charge in [-0.1, -0.05) is 0 Å². The van der Waals surface area contributed by atoms with Crippen molar-refractivity contribution in [1.29, 1.82) is 0 Å². The van der Waals surface area contributed by atoms with Crippen molar-refractivity contribution in [2.45, 2.75) is 29.5 Å². The maximum Gasteiger partial charge on any atom is 0.419 e. The van der Waals surface area contributed by atoms with Crippen molar-refractivity contribution >= 4 is 27.6 Å². The van der Waals surface area contributed by atoms with E-state index in [1.54, 1.807) is 0 Å². The van der Waals surface area contributed by atoms with Crippen LogP contribution in [-0.2, 0) is 21.0 Å². The van der Waals surface area contributed by atoms with E-state index in [2.05, 4.69) is 0 Å². The van der Waals surface area contributed by atoms with E-state index in [9.17, 15) is 40.0 Å². The molecule has 0 saturated heterocycles. The number of aliphatic carboxylic acids is 1. The fraction of sp³-hybridized carbons (Fsp3) is 0.222. The van der Waals surface area contributed by atoms with Gasteiger partial charge in [-0.2, -0.15) is 17.9 Å². The summed E-state index contributed by atoms with van der Waals surface area (Å²) in [6, 6.07) is 3.60. The van der Waals surface area contributed by atoms with E-state index in [4.69, 9.17) is 5.11 Å². The molecule has 2 aromatic carbocycles. The zero-order valence-corrected chi connectivity index (χ0v) is 16.1. The van der Waals surface area contributed by atoms with Crippen LogP contribution < -0.4 is 10.0 Å². The third-order valence-electron chi connectivity index (χ3n) is 4.51. The molecule has 0 unspecified atom stereocenters. The number of nitrogens with one attached hydrogen (secondary N) is 2. The van der Waals surface area contributed by atoms with Gasteiger partial charge < -0.3 is 10.4 Å². The molecule has 7 nitrogen and oxygen atoms in total. The summed E-state index contributed by atoms with van der Waals surface area (Å²) in [4.78, 5) is 22.9. The SMILES string of the molecule is O=C(Nc1ccc(C(F)(F)F)c(F)c1)c1cc(S(=O)(=O)NC2(C(=O)O)CC2)ccc1F. The fourth-order valence-corrected chi connectivity index (χ4v) is 4.11. The van der Waals surface area contributed by atoms with Crippen molar-refractivity contribution in [3.8, 4) is 0 Å².